The summed E-state index contributed by atoms with van der Waals surface area (Å²) in [7, 11) is 6.61. The molecule has 0 amide bonds. The number of hydrogen-bond acceptors (Lipinski definition) is 16. The van der Waals surface area contributed by atoms with Gasteiger partial charge in [-0.05, 0) is 11.1 Å². The van der Waals surface area contributed by atoms with Crippen molar-refractivity contribution in [1.29, 1.82) is 0 Å². The molecule has 474 valence electrons. The first-order chi connectivity index (χ1) is 41.6. The number of rotatable bonds is 48. The monoisotopic (exact) mass is 1240 g/mol. The predicted octanol–water partition coefficient (Wildman–Crippen LogP) is 0.606. The average molecular weight is 1240 g/mol. The molecule has 0 bridgehead atoms. The van der Waals surface area contributed by atoms with Gasteiger partial charge in [0.05, 0.1) is 132 Å². The van der Waals surface area contributed by atoms with Gasteiger partial charge >= 0.3 is 0 Å². The van der Waals surface area contributed by atoms with Crippen LogP contribution in [0.4, 0.5) is 0 Å². The van der Waals surface area contributed by atoms with Crippen LogP contribution in [-0.4, -0.2) is 196 Å². The molecule has 0 radical (unpaired) electrons. The molecule has 2 aromatic heterocycles. The second-order valence-corrected chi connectivity index (χ2v) is 19.3. The van der Waals surface area contributed by atoms with Crippen molar-refractivity contribution >= 4 is 22.1 Å². The number of hydrogen-bond donors (Lipinski definition) is 0. The van der Waals surface area contributed by atoms with Crippen molar-refractivity contribution < 1.29 is 110 Å². The molecule has 0 unspecified atom stereocenters. The molecular formula is C64H88Cl2N4O16. The Bertz CT molecular complexity index is 2690. The number of aromatic nitrogens is 4. The minimum atomic E-state index is 0. The van der Waals surface area contributed by atoms with Crippen molar-refractivity contribution in [3.05, 3.63) is 144 Å². The van der Waals surface area contributed by atoms with Crippen molar-refractivity contribution in [1.82, 2.24) is 9.13 Å². The van der Waals surface area contributed by atoms with E-state index in [-0.39, 0.29) is 24.8 Å². The van der Waals surface area contributed by atoms with E-state index in [1.165, 1.54) is 0 Å². The third-order valence-corrected chi connectivity index (χ3v) is 13.2. The van der Waals surface area contributed by atoms with E-state index in [1.54, 1.807) is 28.4 Å². The number of fused-ring (bicyclic) bond motifs is 2. The molecule has 20 nitrogen and oxygen atoms in total. The Morgan fingerprint density at radius 1 is 0.302 bits per heavy atom. The highest BCUT2D eigenvalue weighted by Crippen LogP contribution is 2.35. The molecule has 0 aliphatic carbocycles. The zero-order chi connectivity index (χ0) is 58.5. The summed E-state index contributed by atoms with van der Waals surface area (Å²) in [5.74, 6) is 2.41. The zero-order valence-corrected chi connectivity index (χ0v) is 51.9. The summed E-state index contributed by atoms with van der Waals surface area (Å²) < 4.78 is 101. The van der Waals surface area contributed by atoms with E-state index in [4.69, 9.17) is 75.8 Å². The van der Waals surface area contributed by atoms with Gasteiger partial charge in [0.25, 0.3) is 0 Å². The third-order valence-electron chi connectivity index (χ3n) is 13.2. The maximum absolute atomic E-state index is 6.51. The molecule has 0 aliphatic heterocycles. The lowest BCUT2D eigenvalue weighted by atomic mass is 10.1. The Hall–Kier alpha value is -5.66. The summed E-state index contributed by atoms with van der Waals surface area (Å²) in [6.45, 7) is 12.9. The Labute approximate surface area is 519 Å². The summed E-state index contributed by atoms with van der Waals surface area (Å²) in [5, 5.41) is 0. The Morgan fingerprint density at radius 3 is 0.849 bits per heavy atom. The lowest BCUT2D eigenvalue weighted by molar-refractivity contribution is -0.663. The molecule has 0 spiro atoms. The standard InChI is InChI=1S/C64H88N4O16.2ClH/c1-69-19-23-73-27-31-77-35-39-81-61-43-57-59(45-63(61)83-41-37-79-33-29-75-25-21-71-3)67(51-65(57)47-53-13-7-5-8-14-53)49-55-17-11-12-18-56(55)50-68-52-66(48-54-15-9-6-10-16-54)58-44-62(82-40-36-78-32-28-74-24-20-70-2)64(46-60(58)68)84-42-38-80-34-30-76-26-22-72-4;;/h5-18,43-46,51-52H,19-42,47-50H2,1-4H3;2*1H/q+2;;/p-2. The summed E-state index contributed by atoms with van der Waals surface area (Å²) in [6, 6.07) is 37.8. The number of methoxy groups -OCH3 is 4. The van der Waals surface area contributed by atoms with E-state index in [1.807, 2.05) is 12.1 Å². The van der Waals surface area contributed by atoms with Crippen LogP contribution in [0.1, 0.15) is 22.3 Å². The van der Waals surface area contributed by atoms with Gasteiger partial charge in [-0.3, -0.25) is 0 Å². The maximum atomic E-state index is 6.51. The topological polar surface area (TPSA) is 165 Å². The van der Waals surface area contributed by atoms with E-state index < -0.39 is 0 Å². The smallest absolute Gasteiger partial charge is 0.245 e. The van der Waals surface area contributed by atoms with Crippen molar-refractivity contribution in [2.45, 2.75) is 26.2 Å². The van der Waals surface area contributed by atoms with Crippen molar-refractivity contribution in [2.75, 3.05) is 187 Å². The van der Waals surface area contributed by atoms with Gasteiger partial charge in [-0.2, -0.15) is 0 Å². The zero-order valence-electron chi connectivity index (χ0n) is 50.4. The van der Waals surface area contributed by atoms with E-state index >= 15 is 0 Å². The van der Waals surface area contributed by atoms with Crippen LogP contribution in [-0.2, 0) is 83.0 Å². The molecule has 7 aromatic rings. The van der Waals surface area contributed by atoms with E-state index in [0.717, 1.165) is 44.3 Å². The second-order valence-electron chi connectivity index (χ2n) is 19.3. The maximum Gasteiger partial charge on any atom is 0.245 e. The minimum absolute atomic E-state index is 0. The van der Waals surface area contributed by atoms with Gasteiger partial charge in [0.2, 0.25) is 12.7 Å². The molecular weight excluding hydrogens is 1150 g/mol. The van der Waals surface area contributed by atoms with Crippen LogP contribution < -0.4 is 52.9 Å². The van der Waals surface area contributed by atoms with Crippen LogP contribution >= 0.6 is 0 Å². The largest absolute Gasteiger partial charge is 1.00 e. The van der Waals surface area contributed by atoms with Gasteiger partial charge in [0, 0.05) is 63.8 Å². The lowest BCUT2D eigenvalue weighted by Crippen LogP contribution is -3.00. The van der Waals surface area contributed by atoms with Crippen molar-refractivity contribution in [2.24, 2.45) is 0 Å². The molecule has 0 aliphatic rings. The molecule has 5 aromatic carbocycles. The van der Waals surface area contributed by atoms with Gasteiger partial charge in [-0.15, -0.1) is 0 Å². The fraction of sp³-hybridized carbons (Fsp3) is 0.500. The fourth-order valence-corrected chi connectivity index (χ4v) is 9.03. The summed E-state index contributed by atoms with van der Waals surface area (Å²) in [4.78, 5) is 0. The first-order valence-corrected chi connectivity index (χ1v) is 28.9. The van der Waals surface area contributed by atoms with Gasteiger partial charge < -0.3 is 101 Å². The van der Waals surface area contributed by atoms with Gasteiger partial charge in [0.1, 0.15) is 52.6 Å². The first kappa shape index (κ1) is 71.1. The SMILES string of the molecule is COCCOCCOCCOc1cc2c(cc1OCCOCCOCCOC)[n+](Cc1ccccc1)cn2Cc1ccccc1Cn1c[n+](Cc2ccccc2)c2cc(OCCOCCOCCOC)c(OCCOCCOCCOC)cc21.[Cl-].[Cl-]. The van der Waals surface area contributed by atoms with E-state index in [0.29, 0.717) is 208 Å². The highest BCUT2D eigenvalue weighted by molar-refractivity contribution is 5.78. The number of nitrogens with zero attached hydrogens (tertiary/aromatic N) is 4. The Kier molecular flexibility index (Phi) is 35.6. The van der Waals surface area contributed by atoms with E-state index in [9.17, 15) is 0 Å². The molecule has 7 rings (SSSR count). The summed E-state index contributed by atoms with van der Waals surface area (Å²) in [5.41, 5.74) is 8.55. The van der Waals surface area contributed by atoms with Crippen molar-refractivity contribution in [3.8, 4) is 23.0 Å². The first-order valence-electron chi connectivity index (χ1n) is 28.9. The molecule has 0 N–H and O–H groups in total. The van der Waals surface area contributed by atoms with Gasteiger partial charge in [0.15, 0.2) is 45.1 Å². The van der Waals surface area contributed by atoms with Crippen LogP contribution in [0.25, 0.3) is 22.1 Å². The minimum Gasteiger partial charge on any atom is -1.00 e. The van der Waals surface area contributed by atoms with Crippen LogP contribution in [0, 0.1) is 0 Å². The summed E-state index contributed by atoms with van der Waals surface area (Å²) >= 11 is 0. The highest BCUT2D eigenvalue weighted by atomic mass is 35.5. The normalized spacial score (nSPS) is 11.3. The van der Waals surface area contributed by atoms with Crippen LogP contribution in [0.5, 0.6) is 23.0 Å². The Morgan fingerprint density at radius 2 is 0.558 bits per heavy atom. The average Bonchev–Trinajstić information content (AvgIpc) is 1.75. The number of ether oxygens (including phenoxy) is 16. The molecule has 22 heteroatoms. The third kappa shape index (κ3) is 24.8. The number of halogens is 2. The lowest BCUT2D eigenvalue weighted by Gasteiger charge is -2.14. The van der Waals surface area contributed by atoms with Crippen LogP contribution in [0.3, 0.4) is 0 Å². The molecule has 0 atom stereocenters. The summed E-state index contributed by atoms with van der Waals surface area (Å²) in [6.07, 6.45) is 4.37. The van der Waals surface area contributed by atoms with Gasteiger partial charge in [-0.1, -0.05) is 84.9 Å². The molecule has 2 heterocycles. The quantitative estimate of drug-likeness (QED) is 0.0385. The number of imidazole rings is 2. The number of benzene rings is 5. The molecule has 0 fully saturated rings. The van der Waals surface area contributed by atoms with Gasteiger partial charge in [-0.25, -0.2) is 18.3 Å². The highest BCUT2D eigenvalue weighted by Gasteiger charge is 2.25. The molecule has 86 heavy (non-hydrogen) atoms. The van der Waals surface area contributed by atoms with Crippen molar-refractivity contribution in [3.63, 3.8) is 0 Å². The fourth-order valence-electron chi connectivity index (χ4n) is 9.03. The molecule has 0 saturated carbocycles. The van der Waals surface area contributed by atoms with Crippen LogP contribution in [0.15, 0.2) is 122 Å². The predicted molar refractivity (Wildman–Crippen MR) is 316 cm³/mol. The van der Waals surface area contributed by atoms with E-state index in [2.05, 4.69) is 128 Å². The molecule has 0 saturated heterocycles. The Balaban J connectivity index is 0.00000675. The van der Waals surface area contributed by atoms with Crippen LogP contribution in [0.2, 0.25) is 0 Å². The second kappa shape index (κ2) is 43.1.